The monoisotopic (exact) mass is 666 g/mol. The highest BCUT2D eigenvalue weighted by atomic mass is 16.3. The average molecular weight is 667 g/mol. The SMILES string of the molecule is C=CC[N@+]12CC[C@]34c5ccccc5N5C=C6[C@H]7C[C@H]8[C@]9(CC[N@+]8(CC=C)C/C7=C/CO)c7ccccc7N(C=C([C@@H](C[C@H]31)/C(=C\CO)C2)[C@@H]54)[C@@H]69. The summed E-state index contributed by atoms with van der Waals surface area (Å²) in [6.45, 7) is 15.0. The Bertz CT molecular complexity index is 1850. The fourth-order valence-electron chi connectivity index (χ4n) is 14.6. The number of rotatable bonds is 6. The molecule has 0 amide bonds. The molecule has 2 saturated carbocycles. The summed E-state index contributed by atoms with van der Waals surface area (Å²) in [5.74, 6) is 0.615. The smallest absolute Gasteiger partial charge is 0.103 e. The van der Waals surface area contributed by atoms with Gasteiger partial charge in [-0.05, 0) is 57.7 Å². The molecule has 9 aliphatic rings. The summed E-state index contributed by atoms with van der Waals surface area (Å²) < 4.78 is 2.12. The number of nitrogens with zero attached hydrogens (tertiary/aromatic N) is 4. The van der Waals surface area contributed by atoms with Crippen LogP contribution in [-0.4, -0.2) is 95.8 Å². The third-order valence-corrected chi connectivity index (χ3v) is 15.9. The average Bonchev–Trinajstić information content (AvgIpc) is 3.81. The van der Waals surface area contributed by atoms with E-state index in [9.17, 15) is 10.2 Å². The molecule has 4 saturated heterocycles. The van der Waals surface area contributed by atoms with Gasteiger partial charge < -0.3 is 29.0 Å². The molecule has 2 spiro atoms. The number of benzene rings is 2. The number of para-hydroxylation sites is 2. The van der Waals surface area contributed by atoms with Crippen molar-refractivity contribution in [3.8, 4) is 0 Å². The van der Waals surface area contributed by atoms with Crippen molar-refractivity contribution in [2.45, 2.75) is 60.7 Å². The second-order valence-corrected chi connectivity index (χ2v) is 17.2. The second kappa shape index (κ2) is 10.0. The number of piperidine rings is 2. The summed E-state index contributed by atoms with van der Waals surface area (Å²) in [6.07, 6.45) is 18.6. The lowest BCUT2D eigenvalue weighted by atomic mass is 9.56. The van der Waals surface area contributed by atoms with Crippen LogP contribution in [0.5, 0.6) is 0 Å². The summed E-state index contributed by atoms with van der Waals surface area (Å²) in [5.41, 5.74) is 11.8. The van der Waals surface area contributed by atoms with Gasteiger partial charge in [0.15, 0.2) is 0 Å². The molecule has 2 N–H and O–H groups in total. The van der Waals surface area contributed by atoms with Gasteiger partial charge in [0.05, 0.1) is 62.3 Å². The maximum atomic E-state index is 10.5. The number of quaternary nitrogens is 2. The normalized spacial score (nSPS) is 43.4. The van der Waals surface area contributed by atoms with E-state index in [1.54, 1.807) is 11.1 Å². The highest BCUT2D eigenvalue weighted by Gasteiger charge is 2.75. The lowest BCUT2D eigenvalue weighted by molar-refractivity contribution is -0.937. The zero-order chi connectivity index (χ0) is 33.6. The fraction of sp³-hybridized carbons (Fsp3) is 0.455. The first-order valence-corrected chi connectivity index (χ1v) is 19.2. The van der Waals surface area contributed by atoms with Gasteiger partial charge in [0.2, 0.25) is 0 Å². The molecule has 256 valence electrons. The topological polar surface area (TPSA) is 46.9 Å². The molecule has 7 aliphatic heterocycles. The number of aliphatic hydroxyl groups excluding tert-OH is 2. The minimum atomic E-state index is 0.0183. The van der Waals surface area contributed by atoms with Crippen LogP contribution in [-0.2, 0) is 10.8 Å². The van der Waals surface area contributed by atoms with Gasteiger partial charge in [-0.2, -0.15) is 0 Å². The molecular weight excluding hydrogens is 617 g/mol. The molecule has 10 atom stereocenters. The summed E-state index contributed by atoms with van der Waals surface area (Å²) in [7, 11) is 0. The van der Waals surface area contributed by atoms with Crippen LogP contribution >= 0.6 is 0 Å². The third kappa shape index (κ3) is 3.24. The first kappa shape index (κ1) is 30.0. The zero-order valence-corrected chi connectivity index (χ0v) is 29.1. The first-order valence-electron chi connectivity index (χ1n) is 19.2. The number of fused-ring (bicyclic) bond motifs is 8. The summed E-state index contributed by atoms with van der Waals surface area (Å²) in [5, 5.41) is 20.9. The minimum Gasteiger partial charge on any atom is -0.392 e. The van der Waals surface area contributed by atoms with Crippen LogP contribution in [0.2, 0.25) is 0 Å². The van der Waals surface area contributed by atoms with E-state index < -0.39 is 0 Å². The van der Waals surface area contributed by atoms with Gasteiger partial charge in [-0.25, -0.2) is 0 Å². The molecule has 11 rings (SSSR count). The van der Waals surface area contributed by atoms with Crippen molar-refractivity contribution in [3.63, 3.8) is 0 Å². The Balaban J connectivity index is 1.22. The Morgan fingerprint density at radius 1 is 0.680 bits per heavy atom. The Morgan fingerprint density at radius 3 is 1.54 bits per heavy atom. The molecule has 0 unspecified atom stereocenters. The van der Waals surface area contributed by atoms with Crippen LogP contribution < -0.4 is 9.80 Å². The molecule has 0 radical (unpaired) electrons. The largest absolute Gasteiger partial charge is 0.392 e. The van der Waals surface area contributed by atoms with Crippen molar-refractivity contribution in [2.24, 2.45) is 11.8 Å². The predicted octanol–water partition coefficient (Wildman–Crippen LogP) is 5.48. The third-order valence-electron chi connectivity index (χ3n) is 15.9. The Labute approximate surface area is 296 Å². The van der Waals surface area contributed by atoms with Crippen molar-refractivity contribution in [3.05, 3.63) is 132 Å². The van der Waals surface area contributed by atoms with Crippen LogP contribution in [0, 0.1) is 11.8 Å². The van der Waals surface area contributed by atoms with E-state index in [0.717, 1.165) is 73.9 Å². The van der Waals surface area contributed by atoms with Crippen molar-refractivity contribution >= 4 is 11.4 Å². The molecule has 2 aliphatic carbocycles. The Kier molecular flexibility index (Phi) is 6.00. The van der Waals surface area contributed by atoms with Gasteiger partial charge in [0, 0.05) is 61.3 Å². The van der Waals surface area contributed by atoms with E-state index in [2.05, 4.69) is 108 Å². The molecule has 2 aromatic rings. The lowest BCUT2D eigenvalue weighted by Crippen LogP contribution is -2.69. The van der Waals surface area contributed by atoms with Crippen LogP contribution in [0.15, 0.2) is 121 Å². The van der Waals surface area contributed by atoms with E-state index in [4.69, 9.17) is 0 Å². The molecule has 6 nitrogen and oxygen atoms in total. The van der Waals surface area contributed by atoms with Gasteiger partial charge in [0.1, 0.15) is 25.2 Å². The quantitative estimate of drug-likeness (QED) is 0.317. The van der Waals surface area contributed by atoms with Gasteiger partial charge >= 0.3 is 0 Å². The molecule has 50 heavy (non-hydrogen) atoms. The number of hydrogen-bond donors (Lipinski definition) is 2. The van der Waals surface area contributed by atoms with Crippen LogP contribution in [0.3, 0.4) is 0 Å². The van der Waals surface area contributed by atoms with Gasteiger partial charge in [-0.15, -0.1) is 0 Å². The van der Waals surface area contributed by atoms with Crippen LogP contribution in [0.25, 0.3) is 0 Å². The van der Waals surface area contributed by atoms with E-state index in [-0.39, 0.29) is 36.1 Å². The first-order chi connectivity index (χ1) is 24.5. The van der Waals surface area contributed by atoms with E-state index >= 15 is 0 Å². The number of hydrogen-bond acceptors (Lipinski definition) is 4. The molecule has 0 aromatic heterocycles. The summed E-state index contributed by atoms with van der Waals surface area (Å²) in [4.78, 5) is 5.54. The Morgan fingerprint density at radius 2 is 1.12 bits per heavy atom. The molecule has 6 heteroatoms. The Hall–Kier alpha value is -3.68. The van der Waals surface area contributed by atoms with E-state index in [0.29, 0.717) is 23.9 Å². The van der Waals surface area contributed by atoms with Gasteiger partial charge in [0.25, 0.3) is 0 Å². The van der Waals surface area contributed by atoms with Crippen molar-refractivity contribution < 1.29 is 19.2 Å². The van der Waals surface area contributed by atoms with Gasteiger partial charge in [-0.1, -0.05) is 61.7 Å². The zero-order valence-electron chi connectivity index (χ0n) is 29.1. The highest BCUT2D eigenvalue weighted by Crippen LogP contribution is 2.69. The maximum Gasteiger partial charge on any atom is 0.103 e. The molecular formula is C44H50N4O2+2. The number of aliphatic hydroxyl groups is 2. The highest BCUT2D eigenvalue weighted by molar-refractivity contribution is 5.77. The van der Waals surface area contributed by atoms with Crippen molar-refractivity contribution in [1.29, 1.82) is 0 Å². The maximum absolute atomic E-state index is 10.5. The summed E-state index contributed by atoms with van der Waals surface area (Å²) in [6, 6.07) is 20.3. The lowest BCUT2D eigenvalue weighted by Gasteiger charge is -2.59. The van der Waals surface area contributed by atoms with Crippen molar-refractivity contribution in [2.75, 3.05) is 62.3 Å². The van der Waals surface area contributed by atoms with E-state index in [1.807, 2.05) is 0 Å². The molecule has 4 bridgehead atoms. The standard InChI is InChI=1S/C44H50N4O2/c1-3-17-47-19-15-43-35-9-5-7-11-37(35)45-26-34-32-24-40-44(16-20-48(40,18-4-2)28-30(32)14-22-50)36-10-6-8-12-38(36)46(42(34)44)25-33(41(43)45)31(23-39(43)47)29(27-47)13-21-49/h3-14,25-26,31-32,39-42,49-50H,1-2,15-24,27-28H2/q+2/b29-13-,30-14-,33-25?,34-26?/t31-,32-,39-,40+,41-,42+,43-,44-,47+,48+/m0/s1. The predicted molar refractivity (Wildman–Crippen MR) is 198 cm³/mol. The van der Waals surface area contributed by atoms with Crippen molar-refractivity contribution in [1.82, 2.24) is 0 Å². The molecule has 7 heterocycles. The fourth-order valence-corrected chi connectivity index (χ4v) is 14.6. The second-order valence-electron chi connectivity index (χ2n) is 17.2. The minimum absolute atomic E-state index is 0.0183. The van der Waals surface area contributed by atoms with Crippen LogP contribution in [0.1, 0.15) is 36.8 Å². The van der Waals surface area contributed by atoms with Gasteiger partial charge in [-0.3, -0.25) is 0 Å². The molecule has 6 fully saturated rings. The van der Waals surface area contributed by atoms with E-state index in [1.165, 1.54) is 33.6 Å². The number of anilines is 2. The van der Waals surface area contributed by atoms with Crippen LogP contribution in [0.4, 0.5) is 11.4 Å². The summed E-state index contributed by atoms with van der Waals surface area (Å²) >= 11 is 0. The molecule has 2 aromatic carbocycles.